The zero-order chi connectivity index (χ0) is 39.0. The molecule has 10 nitrogen and oxygen atoms in total. The molecule has 2 aliphatic heterocycles. The first-order chi connectivity index (χ1) is 26.3. The maximum Gasteiger partial charge on any atom is 0.417 e. The Labute approximate surface area is 324 Å². The highest BCUT2D eigenvalue weighted by Crippen LogP contribution is 2.65. The van der Waals surface area contributed by atoms with Crippen molar-refractivity contribution in [3.63, 3.8) is 0 Å². The largest absolute Gasteiger partial charge is 0.504 e. The molecular weight excluding hydrogens is 760 g/mol. The van der Waals surface area contributed by atoms with Gasteiger partial charge in [-0.25, -0.2) is 4.98 Å². The number of aromatic nitrogens is 1. The molecule has 0 spiro atoms. The van der Waals surface area contributed by atoms with Gasteiger partial charge in [0.2, 0.25) is 11.8 Å². The number of hydrogen-bond donors (Lipinski definition) is 2. The van der Waals surface area contributed by atoms with Crippen LogP contribution in [0.3, 0.4) is 0 Å². The van der Waals surface area contributed by atoms with E-state index in [1.54, 1.807) is 49.4 Å². The molecule has 288 valence electrons. The summed E-state index contributed by atoms with van der Waals surface area (Å²) in [7, 11) is 0. The quantitative estimate of drug-likeness (QED) is 0.183. The molecule has 8 rings (SSSR count). The van der Waals surface area contributed by atoms with Crippen LogP contribution in [-0.2, 0) is 30.8 Å². The fourth-order valence-electron chi connectivity index (χ4n) is 9.89. The highest BCUT2D eigenvalue weighted by atomic mass is 35.5. The van der Waals surface area contributed by atoms with Gasteiger partial charge >= 0.3 is 6.18 Å². The third-order valence-electron chi connectivity index (χ3n) is 12.2. The fourth-order valence-corrected chi connectivity index (χ4v) is 10.2. The number of halogens is 5. The molecule has 4 amide bonds. The Kier molecular flexibility index (Phi) is 9.39. The number of alkyl halides is 3. The molecule has 2 aromatic carbocycles. The van der Waals surface area contributed by atoms with E-state index in [9.17, 15) is 32.7 Å². The number of phenolic OH excluding ortho intramolecular Hbond substituents is 1. The van der Waals surface area contributed by atoms with Gasteiger partial charge in [-0.15, -0.1) is 0 Å². The number of likely N-dealkylation sites (tertiary alicyclic amines) is 1. The predicted octanol–water partition coefficient (Wildman–Crippen LogP) is 7.83. The first kappa shape index (κ1) is 37.3. The minimum absolute atomic E-state index is 0.0213. The van der Waals surface area contributed by atoms with Crippen LogP contribution in [0.2, 0.25) is 10.0 Å². The molecule has 0 radical (unpaired) electrons. The number of anilines is 1. The second kappa shape index (κ2) is 13.8. The lowest BCUT2D eigenvalue weighted by Crippen LogP contribution is -2.53. The van der Waals surface area contributed by atoms with Crippen molar-refractivity contribution in [2.24, 2.45) is 23.7 Å². The number of aromatic hydroxyl groups is 1. The lowest BCUT2D eigenvalue weighted by Gasteiger charge is -2.50. The molecule has 15 heteroatoms. The summed E-state index contributed by atoms with van der Waals surface area (Å²) in [6.45, 7) is 1.97. The number of allylic oxidation sites excluding steroid dienone is 2. The molecule has 0 bridgehead atoms. The number of fused-ring (bicyclic) bond motifs is 4. The number of para-hydroxylation sites is 1. The van der Waals surface area contributed by atoms with Crippen LogP contribution in [0.5, 0.6) is 11.5 Å². The van der Waals surface area contributed by atoms with Gasteiger partial charge in [-0.1, -0.05) is 78.4 Å². The molecule has 2 saturated carbocycles. The number of pyridine rings is 1. The van der Waals surface area contributed by atoms with Crippen molar-refractivity contribution in [2.75, 3.05) is 12.0 Å². The van der Waals surface area contributed by atoms with E-state index in [0.717, 1.165) is 37.1 Å². The van der Waals surface area contributed by atoms with Gasteiger partial charge in [0, 0.05) is 28.7 Å². The molecule has 2 N–H and O–H groups in total. The van der Waals surface area contributed by atoms with Gasteiger partial charge in [-0.05, 0) is 68.4 Å². The van der Waals surface area contributed by atoms with E-state index in [1.165, 1.54) is 4.90 Å². The molecule has 5 aliphatic rings. The van der Waals surface area contributed by atoms with Gasteiger partial charge in [-0.2, -0.15) is 18.2 Å². The van der Waals surface area contributed by atoms with Crippen LogP contribution in [0.1, 0.15) is 74.5 Å². The van der Waals surface area contributed by atoms with Gasteiger partial charge in [0.15, 0.2) is 17.3 Å². The minimum atomic E-state index is -4.75. The molecule has 3 aromatic rings. The zero-order valence-electron chi connectivity index (χ0n) is 29.6. The van der Waals surface area contributed by atoms with Crippen molar-refractivity contribution in [1.82, 2.24) is 14.9 Å². The van der Waals surface area contributed by atoms with E-state index >= 15 is 4.79 Å². The number of benzene rings is 2. The van der Waals surface area contributed by atoms with Gasteiger partial charge < -0.3 is 9.84 Å². The number of ether oxygens (including phenoxy) is 1. The van der Waals surface area contributed by atoms with E-state index in [-0.39, 0.29) is 60.2 Å². The van der Waals surface area contributed by atoms with E-state index in [1.807, 2.05) is 6.08 Å². The van der Waals surface area contributed by atoms with Gasteiger partial charge in [0.05, 0.1) is 40.4 Å². The lowest BCUT2D eigenvalue weighted by molar-refractivity contribution is -0.144. The maximum absolute atomic E-state index is 15.4. The smallest absolute Gasteiger partial charge is 0.417 e. The topological polar surface area (TPSA) is 129 Å². The van der Waals surface area contributed by atoms with Crippen LogP contribution < -0.4 is 10.2 Å². The third kappa shape index (κ3) is 5.79. The lowest BCUT2D eigenvalue weighted by atomic mass is 9.49. The SMILES string of the molecule is CCOc1cccc([C@H]2C3=CC[C@@H]4C(=O)N(C5CCCCC5)C(=O)[C@@H]4[C@@H]3C[C@H]3C(=O)N(Nc4ncc(C(F)(F)F)cc4Cl)C(=O)[C@@]23c2ccc(Cl)cc2)c1O. The molecule has 2 saturated heterocycles. The highest BCUT2D eigenvalue weighted by molar-refractivity contribution is 6.33. The molecule has 4 fully saturated rings. The Hall–Kier alpha value is -4.62. The zero-order valence-corrected chi connectivity index (χ0v) is 31.1. The van der Waals surface area contributed by atoms with Crippen LogP contribution in [0.25, 0.3) is 0 Å². The molecule has 1 aromatic heterocycles. The molecule has 3 aliphatic carbocycles. The summed E-state index contributed by atoms with van der Waals surface area (Å²) in [6, 6.07) is 11.7. The van der Waals surface area contributed by atoms with Crippen LogP contribution in [-0.4, -0.2) is 56.3 Å². The summed E-state index contributed by atoms with van der Waals surface area (Å²) < 4.78 is 46.3. The number of hydrazine groups is 1. The Balaban J connectivity index is 1.32. The number of imide groups is 2. The van der Waals surface area contributed by atoms with Crippen molar-refractivity contribution in [3.05, 3.63) is 93.1 Å². The number of carbonyl (C=O) groups excluding carboxylic acids is 4. The van der Waals surface area contributed by atoms with Crippen molar-refractivity contribution in [2.45, 2.75) is 75.4 Å². The summed E-state index contributed by atoms with van der Waals surface area (Å²) in [5.74, 6) is -6.98. The maximum atomic E-state index is 15.4. The van der Waals surface area contributed by atoms with E-state index in [0.29, 0.717) is 28.4 Å². The second-order valence-corrected chi connectivity index (χ2v) is 15.7. The second-order valence-electron chi connectivity index (χ2n) is 14.9. The van der Waals surface area contributed by atoms with Gasteiger partial charge in [-0.3, -0.25) is 29.5 Å². The molecule has 6 atom stereocenters. The van der Waals surface area contributed by atoms with E-state index in [4.69, 9.17) is 27.9 Å². The van der Waals surface area contributed by atoms with Crippen LogP contribution in [0, 0.1) is 23.7 Å². The number of nitrogens with zero attached hydrogens (tertiary/aromatic N) is 3. The minimum Gasteiger partial charge on any atom is -0.504 e. The number of rotatable bonds is 7. The number of nitrogens with one attached hydrogen (secondary N) is 1. The number of carbonyl (C=O) groups is 4. The third-order valence-corrected chi connectivity index (χ3v) is 12.7. The molecular formula is C40H37Cl2F3N4O6. The average molecular weight is 798 g/mol. The van der Waals surface area contributed by atoms with Crippen molar-refractivity contribution in [1.29, 1.82) is 0 Å². The van der Waals surface area contributed by atoms with E-state index < -0.39 is 63.6 Å². The predicted molar refractivity (Wildman–Crippen MR) is 195 cm³/mol. The molecule has 0 unspecified atom stereocenters. The highest BCUT2D eigenvalue weighted by Gasteiger charge is 2.71. The fraction of sp³-hybridized carbons (Fsp3) is 0.425. The standard InChI is InChI=1S/C40H37Cl2F3N4O6/c1-2-55-30-10-6-9-26(33(30)50)32-24-15-16-25-31(37(53)48(35(25)51)23-7-4-3-5-8-23)27(24)18-28-36(52)49(38(54)39(28,32)20-11-13-22(41)14-12-20)47-34-29(42)17-21(19-46-34)40(43,44)45/h6,9-15,17,19,23,25,27-28,31-32,50H,2-5,7-8,16,18H2,1H3,(H,46,47)/t25-,27+,28-,31-,32+,39+/m0/s1. The Morgan fingerprint density at radius 1 is 0.982 bits per heavy atom. The number of phenols is 1. The van der Waals surface area contributed by atoms with Crippen molar-refractivity contribution in [3.8, 4) is 11.5 Å². The first-order valence-electron chi connectivity index (χ1n) is 18.4. The summed E-state index contributed by atoms with van der Waals surface area (Å²) in [4.78, 5) is 64.1. The molecule has 3 heterocycles. The van der Waals surface area contributed by atoms with Gasteiger partial charge in [0.1, 0.15) is 0 Å². The van der Waals surface area contributed by atoms with Crippen molar-refractivity contribution < 1.29 is 42.2 Å². The summed E-state index contributed by atoms with van der Waals surface area (Å²) >= 11 is 12.6. The summed E-state index contributed by atoms with van der Waals surface area (Å²) in [5, 5.41) is 12.5. The Bertz CT molecular complexity index is 2120. The van der Waals surface area contributed by atoms with Crippen LogP contribution in [0.15, 0.2) is 66.4 Å². The number of hydrogen-bond acceptors (Lipinski definition) is 8. The Morgan fingerprint density at radius 2 is 1.71 bits per heavy atom. The van der Waals surface area contributed by atoms with Crippen molar-refractivity contribution >= 4 is 52.6 Å². The normalized spacial score (nSPS) is 28.2. The molecule has 55 heavy (non-hydrogen) atoms. The Morgan fingerprint density at radius 3 is 2.38 bits per heavy atom. The van der Waals surface area contributed by atoms with Crippen LogP contribution >= 0.6 is 23.2 Å². The average Bonchev–Trinajstić information content (AvgIpc) is 3.54. The first-order valence-corrected chi connectivity index (χ1v) is 19.2. The van der Waals surface area contributed by atoms with E-state index in [2.05, 4.69) is 10.4 Å². The summed E-state index contributed by atoms with van der Waals surface area (Å²) in [6.07, 6.45) is 2.16. The summed E-state index contributed by atoms with van der Waals surface area (Å²) in [5.41, 5.74) is 0.965. The monoisotopic (exact) mass is 796 g/mol. The number of amides is 4. The van der Waals surface area contributed by atoms with Gasteiger partial charge in [0.25, 0.3) is 11.8 Å². The van der Waals surface area contributed by atoms with Crippen LogP contribution in [0.4, 0.5) is 19.0 Å².